The van der Waals surface area contributed by atoms with E-state index in [0.717, 1.165) is 58.7 Å². The van der Waals surface area contributed by atoms with E-state index in [2.05, 4.69) is 54.1 Å². The number of carbonyl (C=O) groups excluding carboxylic acids is 1. The third kappa shape index (κ3) is 7.32. The first-order valence-electron chi connectivity index (χ1n) is 9.09. The summed E-state index contributed by atoms with van der Waals surface area (Å²) in [6, 6.07) is 10.2. The molecular weight excluding hydrogens is 336 g/mol. The van der Waals surface area contributed by atoms with Gasteiger partial charge in [-0.3, -0.25) is 9.69 Å². The summed E-state index contributed by atoms with van der Waals surface area (Å²) in [7, 11) is 2.16. The van der Waals surface area contributed by atoms with Crippen LogP contribution in [-0.4, -0.2) is 73.0 Å². The smallest absolute Gasteiger partial charge is 0.239 e. The van der Waals surface area contributed by atoms with Crippen LogP contribution in [0.2, 0.25) is 0 Å². The third-order valence-corrected chi connectivity index (χ3v) is 4.69. The standard InChI is InChI=1S/C19H32N4O.ClH/c1-3-7-18(20)19(24)23-14-12-22(13-15-23)11-10-21(2)16-17-8-5-4-6-9-17;/h4-6,8-9,18H,3,7,10-16,20H2,1-2H3;1H. The molecule has 0 aliphatic carbocycles. The minimum atomic E-state index is -0.321. The highest BCUT2D eigenvalue weighted by Crippen LogP contribution is 2.07. The Morgan fingerprint density at radius 1 is 1.20 bits per heavy atom. The van der Waals surface area contributed by atoms with Crippen molar-refractivity contribution in [3.05, 3.63) is 35.9 Å². The lowest BCUT2D eigenvalue weighted by atomic mass is 10.1. The van der Waals surface area contributed by atoms with Gasteiger partial charge in [0.05, 0.1) is 6.04 Å². The summed E-state index contributed by atoms with van der Waals surface area (Å²) in [5.74, 6) is 0.123. The first-order valence-corrected chi connectivity index (χ1v) is 9.09. The average molecular weight is 369 g/mol. The highest BCUT2D eigenvalue weighted by molar-refractivity contribution is 5.85. The molecule has 5 nitrogen and oxygen atoms in total. The third-order valence-electron chi connectivity index (χ3n) is 4.69. The number of benzene rings is 1. The molecule has 1 atom stereocenters. The van der Waals surface area contributed by atoms with E-state index in [9.17, 15) is 4.79 Å². The van der Waals surface area contributed by atoms with Gasteiger partial charge in [-0.1, -0.05) is 43.7 Å². The maximum Gasteiger partial charge on any atom is 0.239 e. The maximum absolute atomic E-state index is 12.2. The Hall–Kier alpha value is -1.14. The van der Waals surface area contributed by atoms with E-state index in [0.29, 0.717) is 0 Å². The van der Waals surface area contributed by atoms with Gasteiger partial charge in [-0.05, 0) is 19.0 Å². The number of halogens is 1. The van der Waals surface area contributed by atoms with Crippen molar-refractivity contribution in [2.75, 3.05) is 46.3 Å². The summed E-state index contributed by atoms with van der Waals surface area (Å²) in [5, 5.41) is 0. The number of hydrogen-bond acceptors (Lipinski definition) is 4. The van der Waals surface area contributed by atoms with Crippen LogP contribution in [0.1, 0.15) is 25.3 Å². The number of nitrogens with two attached hydrogens (primary N) is 1. The van der Waals surface area contributed by atoms with Gasteiger partial charge in [-0.2, -0.15) is 0 Å². The van der Waals surface area contributed by atoms with E-state index in [1.54, 1.807) is 0 Å². The number of piperazine rings is 1. The van der Waals surface area contributed by atoms with Crippen molar-refractivity contribution in [1.29, 1.82) is 0 Å². The molecule has 1 unspecified atom stereocenters. The average Bonchev–Trinajstić information content (AvgIpc) is 2.61. The summed E-state index contributed by atoms with van der Waals surface area (Å²) < 4.78 is 0. The summed E-state index contributed by atoms with van der Waals surface area (Å²) in [4.78, 5) is 19.0. The van der Waals surface area contributed by atoms with Crippen molar-refractivity contribution in [2.24, 2.45) is 5.73 Å². The molecule has 1 heterocycles. The Labute approximate surface area is 158 Å². The van der Waals surface area contributed by atoms with Gasteiger partial charge >= 0.3 is 0 Å². The fourth-order valence-electron chi connectivity index (χ4n) is 3.15. The summed E-state index contributed by atoms with van der Waals surface area (Å²) in [6.45, 7) is 8.64. The zero-order valence-electron chi connectivity index (χ0n) is 15.6. The van der Waals surface area contributed by atoms with E-state index in [1.165, 1.54) is 5.56 Å². The Morgan fingerprint density at radius 2 is 1.84 bits per heavy atom. The molecule has 2 rings (SSSR count). The minimum Gasteiger partial charge on any atom is -0.339 e. The number of amides is 1. The molecule has 0 aromatic heterocycles. The molecule has 25 heavy (non-hydrogen) atoms. The first kappa shape index (κ1) is 21.9. The van der Waals surface area contributed by atoms with E-state index < -0.39 is 0 Å². The lowest BCUT2D eigenvalue weighted by molar-refractivity contribution is -0.134. The second-order valence-corrected chi connectivity index (χ2v) is 6.79. The van der Waals surface area contributed by atoms with Crippen LogP contribution in [0.25, 0.3) is 0 Å². The molecule has 1 aliphatic heterocycles. The Kier molecular flexibility index (Phi) is 10.0. The highest BCUT2D eigenvalue weighted by atomic mass is 35.5. The van der Waals surface area contributed by atoms with Crippen LogP contribution < -0.4 is 5.73 Å². The SMILES string of the molecule is CCCC(N)C(=O)N1CCN(CCN(C)Cc2ccccc2)CC1.Cl. The van der Waals surface area contributed by atoms with E-state index in [-0.39, 0.29) is 24.4 Å². The van der Waals surface area contributed by atoms with Crippen LogP contribution in [0.15, 0.2) is 30.3 Å². The largest absolute Gasteiger partial charge is 0.339 e. The van der Waals surface area contributed by atoms with Gasteiger partial charge in [0.2, 0.25) is 5.91 Å². The quantitative estimate of drug-likeness (QED) is 0.760. The van der Waals surface area contributed by atoms with Crippen LogP contribution in [-0.2, 0) is 11.3 Å². The molecule has 1 aromatic rings. The van der Waals surface area contributed by atoms with Crippen molar-refractivity contribution in [2.45, 2.75) is 32.4 Å². The van der Waals surface area contributed by atoms with Crippen molar-refractivity contribution >= 4 is 18.3 Å². The number of rotatable bonds is 8. The topological polar surface area (TPSA) is 52.8 Å². The second kappa shape index (κ2) is 11.5. The number of carbonyl (C=O) groups is 1. The zero-order chi connectivity index (χ0) is 17.4. The van der Waals surface area contributed by atoms with Gasteiger partial charge in [-0.25, -0.2) is 0 Å². The fraction of sp³-hybridized carbons (Fsp3) is 0.632. The van der Waals surface area contributed by atoms with Gasteiger partial charge < -0.3 is 15.5 Å². The van der Waals surface area contributed by atoms with Crippen LogP contribution >= 0.6 is 12.4 Å². The molecule has 1 fully saturated rings. The molecule has 0 spiro atoms. The molecule has 1 aliphatic rings. The molecule has 0 radical (unpaired) electrons. The fourth-order valence-corrected chi connectivity index (χ4v) is 3.15. The predicted molar refractivity (Wildman–Crippen MR) is 106 cm³/mol. The molecule has 2 N–H and O–H groups in total. The Balaban J connectivity index is 0.00000312. The van der Waals surface area contributed by atoms with Crippen molar-refractivity contribution in [3.8, 4) is 0 Å². The van der Waals surface area contributed by atoms with Gasteiger partial charge in [-0.15, -0.1) is 12.4 Å². The molecule has 1 saturated heterocycles. The molecule has 1 amide bonds. The molecule has 0 bridgehead atoms. The van der Waals surface area contributed by atoms with Crippen molar-refractivity contribution in [1.82, 2.24) is 14.7 Å². The Bertz CT molecular complexity index is 491. The van der Waals surface area contributed by atoms with Crippen molar-refractivity contribution < 1.29 is 4.79 Å². The van der Waals surface area contributed by atoms with Crippen LogP contribution in [0.3, 0.4) is 0 Å². The van der Waals surface area contributed by atoms with E-state index in [1.807, 2.05) is 4.90 Å². The molecular formula is C19H33ClN4O. The molecule has 1 aromatic carbocycles. The number of likely N-dealkylation sites (N-methyl/N-ethyl adjacent to an activating group) is 1. The minimum absolute atomic E-state index is 0. The van der Waals surface area contributed by atoms with Crippen molar-refractivity contribution in [3.63, 3.8) is 0 Å². The van der Waals surface area contributed by atoms with Gasteiger partial charge in [0, 0.05) is 45.8 Å². The van der Waals surface area contributed by atoms with Gasteiger partial charge in [0.25, 0.3) is 0 Å². The molecule has 0 saturated carbocycles. The lowest BCUT2D eigenvalue weighted by Gasteiger charge is -2.36. The van der Waals surface area contributed by atoms with Crippen LogP contribution in [0.4, 0.5) is 0 Å². The maximum atomic E-state index is 12.2. The summed E-state index contributed by atoms with van der Waals surface area (Å²) in [6.07, 6.45) is 1.74. The monoisotopic (exact) mass is 368 g/mol. The van der Waals surface area contributed by atoms with Crippen LogP contribution in [0.5, 0.6) is 0 Å². The van der Waals surface area contributed by atoms with E-state index >= 15 is 0 Å². The van der Waals surface area contributed by atoms with Gasteiger partial charge in [0.15, 0.2) is 0 Å². The normalized spacial score (nSPS) is 16.6. The Morgan fingerprint density at radius 3 is 2.44 bits per heavy atom. The molecule has 142 valence electrons. The highest BCUT2D eigenvalue weighted by Gasteiger charge is 2.24. The number of nitrogens with zero attached hydrogens (tertiary/aromatic N) is 3. The zero-order valence-corrected chi connectivity index (χ0v) is 16.4. The van der Waals surface area contributed by atoms with Gasteiger partial charge in [0.1, 0.15) is 0 Å². The first-order chi connectivity index (χ1) is 11.6. The summed E-state index contributed by atoms with van der Waals surface area (Å²) >= 11 is 0. The van der Waals surface area contributed by atoms with Crippen LogP contribution in [0, 0.1) is 0 Å². The van der Waals surface area contributed by atoms with E-state index in [4.69, 9.17) is 5.73 Å². The molecule has 6 heteroatoms. The predicted octanol–water partition coefficient (Wildman–Crippen LogP) is 1.81. The summed E-state index contributed by atoms with van der Waals surface area (Å²) in [5.41, 5.74) is 7.30. The second-order valence-electron chi connectivity index (χ2n) is 6.79. The number of hydrogen-bond donors (Lipinski definition) is 1. The lowest BCUT2D eigenvalue weighted by Crippen LogP contribution is -2.53.